The summed E-state index contributed by atoms with van der Waals surface area (Å²) in [5.41, 5.74) is 2.16. The van der Waals surface area contributed by atoms with Gasteiger partial charge in [-0.1, -0.05) is 12.1 Å². The van der Waals surface area contributed by atoms with Crippen LogP contribution >= 0.6 is 0 Å². The zero-order chi connectivity index (χ0) is 16.2. The Kier molecular flexibility index (Phi) is 4.53. The van der Waals surface area contributed by atoms with Crippen LogP contribution in [-0.4, -0.2) is 23.4 Å². The second-order valence-electron chi connectivity index (χ2n) is 5.49. The quantitative estimate of drug-likeness (QED) is 0.753. The summed E-state index contributed by atoms with van der Waals surface area (Å²) in [6.45, 7) is 2.73. The maximum Gasteiger partial charge on any atom is 0.122 e. The highest BCUT2D eigenvalue weighted by molar-refractivity contribution is 5.81. The second kappa shape index (κ2) is 6.75. The number of rotatable bonds is 6. The number of benzene rings is 2. The van der Waals surface area contributed by atoms with Gasteiger partial charge in [-0.2, -0.15) is 0 Å². The highest BCUT2D eigenvalue weighted by atomic mass is 16.5. The molecule has 0 aliphatic carbocycles. The first kappa shape index (κ1) is 15.4. The predicted molar refractivity (Wildman–Crippen MR) is 91.1 cm³/mol. The van der Waals surface area contributed by atoms with Crippen molar-refractivity contribution in [1.29, 1.82) is 0 Å². The molecule has 1 aromatic heterocycles. The fourth-order valence-electron chi connectivity index (χ4n) is 2.69. The molecule has 4 heteroatoms. The first-order chi connectivity index (χ1) is 11.2. The van der Waals surface area contributed by atoms with Crippen molar-refractivity contribution in [2.45, 2.75) is 19.6 Å². The van der Waals surface area contributed by atoms with Gasteiger partial charge >= 0.3 is 0 Å². The van der Waals surface area contributed by atoms with E-state index in [0.29, 0.717) is 6.54 Å². The van der Waals surface area contributed by atoms with Crippen LogP contribution in [0.15, 0.2) is 54.7 Å². The van der Waals surface area contributed by atoms with Crippen LogP contribution in [0.2, 0.25) is 0 Å². The Balaban J connectivity index is 1.80. The zero-order valence-corrected chi connectivity index (χ0v) is 13.4. The van der Waals surface area contributed by atoms with E-state index in [4.69, 9.17) is 14.6 Å². The van der Waals surface area contributed by atoms with Gasteiger partial charge in [-0.25, -0.2) is 0 Å². The van der Waals surface area contributed by atoms with Crippen molar-refractivity contribution in [3.63, 3.8) is 0 Å². The van der Waals surface area contributed by atoms with E-state index in [1.165, 1.54) is 0 Å². The number of aliphatic hydroxyl groups excluding tert-OH is 1. The summed E-state index contributed by atoms with van der Waals surface area (Å²) in [4.78, 5) is 0. The molecule has 1 heterocycles. The third-order valence-corrected chi connectivity index (χ3v) is 3.98. The molecule has 1 N–H and O–H groups in total. The fourth-order valence-corrected chi connectivity index (χ4v) is 2.69. The molecule has 0 saturated heterocycles. The van der Waals surface area contributed by atoms with Gasteiger partial charge in [0.1, 0.15) is 17.6 Å². The molecule has 0 aliphatic heterocycles. The Hall–Kier alpha value is -2.46. The van der Waals surface area contributed by atoms with Gasteiger partial charge in [0, 0.05) is 18.8 Å². The molecule has 23 heavy (non-hydrogen) atoms. The summed E-state index contributed by atoms with van der Waals surface area (Å²) in [7, 11) is 1.66. The normalized spacial score (nSPS) is 12.3. The maximum absolute atomic E-state index is 9.14. The average Bonchev–Trinajstić information content (AvgIpc) is 2.98. The number of aromatic nitrogens is 1. The van der Waals surface area contributed by atoms with Crippen LogP contribution in [0.25, 0.3) is 10.9 Å². The Morgan fingerprint density at radius 1 is 1.04 bits per heavy atom. The molecule has 0 aliphatic rings. The van der Waals surface area contributed by atoms with E-state index in [1.807, 2.05) is 66.2 Å². The number of hydrogen-bond acceptors (Lipinski definition) is 3. The molecular formula is C19H21NO3. The Bertz CT molecular complexity index is 777. The first-order valence-corrected chi connectivity index (χ1v) is 7.71. The second-order valence-corrected chi connectivity index (χ2v) is 5.49. The lowest BCUT2D eigenvalue weighted by molar-refractivity contribution is 0.227. The van der Waals surface area contributed by atoms with Crippen molar-refractivity contribution in [2.75, 3.05) is 13.7 Å². The Labute approximate surface area is 135 Å². The Morgan fingerprint density at radius 3 is 2.48 bits per heavy atom. The molecule has 0 fully saturated rings. The van der Waals surface area contributed by atoms with Gasteiger partial charge in [0.05, 0.1) is 19.2 Å². The minimum atomic E-state index is -0.0559. The largest absolute Gasteiger partial charge is 0.497 e. The highest BCUT2D eigenvalue weighted by Gasteiger charge is 2.09. The minimum absolute atomic E-state index is 0.0559. The number of aliphatic hydroxyl groups is 1. The average molecular weight is 311 g/mol. The van der Waals surface area contributed by atoms with E-state index >= 15 is 0 Å². The molecular weight excluding hydrogens is 290 g/mol. The molecule has 4 nitrogen and oxygen atoms in total. The van der Waals surface area contributed by atoms with E-state index in [1.54, 1.807) is 7.11 Å². The topological polar surface area (TPSA) is 43.6 Å². The van der Waals surface area contributed by atoms with E-state index in [-0.39, 0.29) is 12.7 Å². The molecule has 120 valence electrons. The van der Waals surface area contributed by atoms with Gasteiger partial charge in [-0.15, -0.1) is 0 Å². The fraction of sp³-hybridized carbons (Fsp3) is 0.263. The number of ether oxygens (including phenoxy) is 2. The molecule has 3 aromatic rings. The Morgan fingerprint density at radius 2 is 1.78 bits per heavy atom. The van der Waals surface area contributed by atoms with Crippen molar-refractivity contribution in [1.82, 2.24) is 4.57 Å². The number of nitrogens with zero attached hydrogens (tertiary/aromatic N) is 1. The standard InChI is InChI=1S/C19H21NO3/c1-14(15-3-6-17(22-2)7-4-15)23-18-8-5-16-9-10-20(11-12-21)19(16)13-18/h3-10,13-14,21H,11-12H2,1-2H3. The summed E-state index contributed by atoms with van der Waals surface area (Å²) in [6.07, 6.45) is 1.93. The number of fused-ring (bicyclic) bond motifs is 1. The van der Waals surface area contributed by atoms with Crippen molar-refractivity contribution in [3.8, 4) is 11.5 Å². The van der Waals surface area contributed by atoms with Gasteiger partial charge in [-0.05, 0) is 48.2 Å². The van der Waals surface area contributed by atoms with Crippen LogP contribution < -0.4 is 9.47 Å². The van der Waals surface area contributed by atoms with E-state index < -0.39 is 0 Å². The predicted octanol–water partition coefficient (Wildman–Crippen LogP) is 3.78. The minimum Gasteiger partial charge on any atom is -0.497 e. The first-order valence-electron chi connectivity index (χ1n) is 7.71. The summed E-state index contributed by atoms with van der Waals surface area (Å²) in [5.74, 6) is 1.66. The number of hydrogen-bond donors (Lipinski definition) is 1. The summed E-state index contributed by atoms with van der Waals surface area (Å²) < 4.78 is 13.3. The molecule has 3 rings (SSSR count). The third-order valence-electron chi connectivity index (χ3n) is 3.98. The zero-order valence-electron chi connectivity index (χ0n) is 13.4. The molecule has 0 amide bonds. The molecule has 0 bridgehead atoms. The van der Waals surface area contributed by atoms with Crippen molar-refractivity contribution < 1.29 is 14.6 Å². The van der Waals surface area contributed by atoms with E-state index in [2.05, 4.69) is 0 Å². The van der Waals surface area contributed by atoms with Crippen LogP contribution in [0.1, 0.15) is 18.6 Å². The van der Waals surface area contributed by atoms with Crippen LogP contribution in [-0.2, 0) is 6.54 Å². The SMILES string of the molecule is COc1ccc(C(C)Oc2ccc3ccn(CCO)c3c2)cc1. The third kappa shape index (κ3) is 3.32. The van der Waals surface area contributed by atoms with Gasteiger partial charge in [0.25, 0.3) is 0 Å². The molecule has 2 aromatic carbocycles. The molecule has 0 saturated carbocycles. The van der Waals surface area contributed by atoms with E-state index in [9.17, 15) is 0 Å². The smallest absolute Gasteiger partial charge is 0.122 e. The lowest BCUT2D eigenvalue weighted by Crippen LogP contribution is -2.04. The van der Waals surface area contributed by atoms with Gasteiger partial charge < -0.3 is 19.1 Å². The maximum atomic E-state index is 9.14. The van der Waals surface area contributed by atoms with E-state index in [0.717, 1.165) is 28.0 Å². The van der Waals surface area contributed by atoms with Gasteiger partial charge in [0.15, 0.2) is 0 Å². The van der Waals surface area contributed by atoms with Gasteiger partial charge in [-0.3, -0.25) is 0 Å². The van der Waals surface area contributed by atoms with Crippen LogP contribution in [0.3, 0.4) is 0 Å². The molecule has 1 unspecified atom stereocenters. The summed E-state index contributed by atoms with van der Waals surface area (Å²) in [5, 5.41) is 10.3. The van der Waals surface area contributed by atoms with Gasteiger partial charge in [0.2, 0.25) is 0 Å². The van der Waals surface area contributed by atoms with Crippen LogP contribution in [0.4, 0.5) is 0 Å². The van der Waals surface area contributed by atoms with Crippen molar-refractivity contribution in [3.05, 3.63) is 60.3 Å². The summed E-state index contributed by atoms with van der Waals surface area (Å²) >= 11 is 0. The lowest BCUT2D eigenvalue weighted by atomic mass is 10.1. The molecule has 0 spiro atoms. The molecule has 0 radical (unpaired) electrons. The molecule has 1 atom stereocenters. The highest BCUT2D eigenvalue weighted by Crippen LogP contribution is 2.27. The lowest BCUT2D eigenvalue weighted by Gasteiger charge is -2.16. The van der Waals surface area contributed by atoms with Crippen molar-refractivity contribution in [2.24, 2.45) is 0 Å². The van der Waals surface area contributed by atoms with Crippen LogP contribution in [0, 0.1) is 0 Å². The number of methoxy groups -OCH3 is 1. The van der Waals surface area contributed by atoms with Crippen LogP contribution in [0.5, 0.6) is 11.5 Å². The van der Waals surface area contributed by atoms with Crippen molar-refractivity contribution >= 4 is 10.9 Å². The summed E-state index contributed by atoms with van der Waals surface area (Å²) in [6, 6.07) is 16.0. The monoisotopic (exact) mass is 311 g/mol.